The number of pyridine rings is 1. The van der Waals surface area contributed by atoms with Crippen LogP contribution in [0.3, 0.4) is 0 Å². The van der Waals surface area contributed by atoms with E-state index in [1.165, 1.54) is 27.6 Å². The van der Waals surface area contributed by atoms with E-state index in [0.29, 0.717) is 0 Å². The van der Waals surface area contributed by atoms with Gasteiger partial charge in [0.05, 0.1) is 19.7 Å². The third-order valence-corrected chi connectivity index (χ3v) is 4.40. The second kappa shape index (κ2) is 5.02. The van der Waals surface area contributed by atoms with Crippen molar-refractivity contribution in [3.63, 3.8) is 0 Å². The highest BCUT2D eigenvalue weighted by Gasteiger charge is 2.21. The van der Waals surface area contributed by atoms with Gasteiger partial charge < -0.3 is 9.47 Å². The van der Waals surface area contributed by atoms with Gasteiger partial charge in [0, 0.05) is 11.6 Å². The van der Waals surface area contributed by atoms with Crippen LogP contribution in [0.25, 0.3) is 22.0 Å². The standard InChI is InChI=1S/C19H17NO2/c1-21-17-9-12-7-8-13-11-20-16-6-4-3-5-14(16)19(13)15(12)10-18(17)22-2/h3-6,9-11H,7-8H2,1-2H3. The summed E-state index contributed by atoms with van der Waals surface area (Å²) in [6.45, 7) is 0. The molecule has 0 unspecified atom stereocenters. The molecule has 3 nitrogen and oxygen atoms in total. The zero-order valence-electron chi connectivity index (χ0n) is 12.7. The molecule has 0 amide bonds. The molecule has 22 heavy (non-hydrogen) atoms. The molecule has 1 heterocycles. The number of aryl methyl sites for hydroxylation is 2. The van der Waals surface area contributed by atoms with Crippen LogP contribution in [0.5, 0.6) is 11.5 Å². The Hall–Kier alpha value is -2.55. The Labute approximate surface area is 129 Å². The Morgan fingerprint density at radius 3 is 2.45 bits per heavy atom. The Kier molecular flexibility index (Phi) is 3.00. The van der Waals surface area contributed by atoms with Gasteiger partial charge in [0.25, 0.3) is 0 Å². The van der Waals surface area contributed by atoms with E-state index < -0.39 is 0 Å². The molecule has 3 heteroatoms. The number of aromatic nitrogens is 1. The lowest BCUT2D eigenvalue weighted by Crippen LogP contribution is -2.06. The normalized spacial score (nSPS) is 12.6. The molecule has 0 spiro atoms. The third kappa shape index (κ3) is 1.86. The van der Waals surface area contributed by atoms with Gasteiger partial charge in [0.1, 0.15) is 0 Å². The predicted molar refractivity (Wildman–Crippen MR) is 87.7 cm³/mol. The van der Waals surface area contributed by atoms with Gasteiger partial charge in [0.15, 0.2) is 11.5 Å². The number of ether oxygens (including phenoxy) is 2. The summed E-state index contributed by atoms with van der Waals surface area (Å²) in [6.07, 6.45) is 4.02. The van der Waals surface area contributed by atoms with Crippen LogP contribution in [0, 0.1) is 0 Å². The fourth-order valence-electron chi connectivity index (χ4n) is 3.32. The average Bonchev–Trinajstić information content (AvgIpc) is 2.59. The van der Waals surface area contributed by atoms with Crippen LogP contribution in [0.4, 0.5) is 0 Å². The van der Waals surface area contributed by atoms with Crippen molar-refractivity contribution in [3.8, 4) is 22.6 Å². The number of hydrogen-bond donors (Lipinski definition) is 0. The van der Waals surface area contributed by atoms with Gasteiger partial charge in [0.2, 0.25) is 0 Å². The van der Waals surface area contributed by atoms with Gasteiger partial charge in [-0.25, -0.2) is 0 Å². The zero-order chi connectivity index (χ0) is 15.1. The van der Waals surface area contributed by atoms with Crippen LogP contribution < -0.4 is 9.47 Å². The summed E-state index contributed by atoms with van der Waals surface area (Å²) in [4.78, 5) is 4.59. The van der Waals surface area contributed by atoms with E-state index in [2.05, 4.69) is 35.3 Å². The fourth-order valence-corrected chi connectivity index (χ4v) is 3.32. The summed E-state index contributed by atoms with van der Waals surface area (Å²) in [6, 6.07) is 12.5. The maximum atomic E-state index is 5.49. The molecule has 0 saturated carbocycles. The number of para-hydroxylation sites is 1. The molecule has 3 aromatic rings. The second-order valence-corrected chi connectivity index (χ2v) is 5.54. The van der Waals surface area contributed by atoms with Gasteiger partial charge in [-0.05, 0) is 53.3 Å². The largest absolute Gasteiger partial charge is 0.493 e. The van der Waals surface area contributed by atoms with Gasteiger partial charge in [-0.15, -0.1) is 0 Å². The highest BCUT2D eigenvalue weighted by Crippen LogP contribution is 2.42. The molecule has 0 atom stereocenters. The average molecular weight is 291 g/mol. The maximum Gasteiger partial charge on any atom is 0.161 e. The minimum Gasteiger partial charge on any atom is -0.493 e. The topological polar surface area (TPSA) is 31.4 Å². The van der Waals surface area contributed by atoms with E-state index in [9.17, 15) is 0 Å². The van der Waals surface area contributed by atoms with Crippen molar-refractivity contribution in [1.29, 1.82) is 0 Å². The van der Waals surface area contributed by atoms with Gasteiger partial charge in [-0.3, -0.25) is 4.98 Å². The Balaban J connectivity index is 2.05. The molecule has 1 aliphatic rings. The monoisotopic (exact) mass is 291 g/mol. The number of nitrogens with zero attached hydrogens (tertiary/aromatic N) is 1. The Morgan fingerprint density at radius 1 is 0.909 bits per heavy atom. The molecule has 1 aliphatic carbocycles. The first-order valence-corrected chi connectivity index (χ1v) is 7.43. The highest BCUT2D eigenvalue weighted by molar-refractivity contribution is 5.98. The van der Waals surface area contributed by atoms with Crippen molar-refractivity contribution in [1.82, 2.24) is 4.98 Å². The second-order valence-electron chi connectivity index (χ2n) is 5.54. The van der Waals surface area contributed by atoms with Crippen molar-refractivity contribution in [3.05, 3.63) is 53.7 Å². The van der Waals surface area contributed by atoms with Crippen molar-refractivity contribution in [2.24, 2.45) is 0 Å². The van der Waals surface area contributed by atoms with E-state index in [1.807, 2.05) is 12.3 Å². The zero-order valence-corrected chi connectivity index (χ0v) is 12.7. The molecular weight excluding hydrogens is 274 g/mol. The Morgan fingerprint density at radius 2 is 1.64 bits per heavy atom. The first kappa shape index (κ1) is 13.1. The first-order valence-electron chi connectivity index (χ1n) is 7.43. The lowest BCUT2D eigenvalue weighted by atomic mass is 9.84. The van der Waals surface area contributed by atoms with Gasteiger partial charge in [-0.1, -0.05) is 18.2 Å². The fraction of sp³-hybridized carbons (Fsp3) is 0.211. The van der Waals surface area contributed by atoms with Crippen molar-refractivity contribution < 1.29 is 9.47 Å². The third-order valence-electron chi connectivity index (χ3n) is 4.40. The minimum atomic E-state index is 0.773. The van der Waals surface area contributed by atoms with E-state index in [4.69, 9.17) is 9.47 Å². The molecule has 2 aromatic carbocycles. The van der Waals surface area contributed by atoms with Gasteiger partial charge in [-0.2, -0.15) is 0 Å². The number of rotatable bonds is 2. The van der Waals surface area contributed by atoms with Crippen molar-refractivity contribution >= 4 is 10.9 Å². The van der Waals surface area contributed by atoms with Crippen molar-refractivity contribution in [2.75, 3.05) is 14.2 Å². The minimum absolute atomic E-state index is 0.773. The molecule has 0 N–H and O–H groups in total. The lowest BCUT2D eigenvalue weighted by molar-refractivity contribution is 0.354. The number of methoxy groups -OCH3 is 2. The summed E-state index contributed by atoms with van der Waals surface area (Å²) < 4.78 is 10.9. The molecule has 0 radical (unpaired) electrons. The van der Waals surface area contributed by atoms with Gasteiger partial charge >= 0.3 is 0 Å². The lowest BCUT2D eigenvalue weighted by Gasteiger charge is -2.23. The van der Waals surface area contributed by atoms with Crippen molar-refractivity contribution in [2.45, 2.75) is 12.8 Å². The van der Waals surface area contributed by atoms with Crippen LogP contribution in [-0.4, -0.2) is 19.2 Å². The molecule has 0 saturated heterocycles. The quantitative estimate of drug-likeness (QED) is 0.714. The molecule has 0 fully saturated rings. The number of benzene rings is 2. The van der Waals surface area contributed by atoms with Crippen LogP contribution in [-0.2, 0) is 12.8 Å². The van der Waals surface area contributed by atoms with Crippen LogP contribution >= 0.6 is 0 Å². The summed E-state index contributed by atoms with van der Waals surface area (Å²) in [7, 11) is 3.36. The van der Waals surface area contributed by atoms with E-state index in [-0.39, 0.29) is 0 Å². The molecule has 0 aliphatic heterocycles. The summed E-state index contributed by atoms with van der Waals surface area (Å²) in [5, 5.41) is 1.20. The molecular formula is C19H17NO2. The van der Waals surface area contributed by atoms with Crippen LogP contribution in [0.1, 0.15) is 11.1 Å². The maximum absolute atomic E-state index is 5.49. The van der Waals surface area contributed by atoms with Crippen LogP contribution in [0.15, 0.2) is 42.6 Å². The smallest absolute Gasteiger partial charge is 0.161 e. The molecule has 1 aromatic heterocycles. The number of hydrogen-bond acceptors (Lipinski definition) is 3. The highest BCUT2D eigenvalue weighted by atomic mass is 16.5. The molecule has 4 rings (SSSR count). The number of fused-ring (bicyclic) bond motifs is 5. The van der Waals surface area contributed by atoms with E-state index in [0.717, 1.165) is 29.9 Å². The van der Waals surface area contributed by atoms with E-state index in [1.54, 1.807) is 14.2 Å². The van der Waals surface area contributed by atoms with Crippen LogP contribution in [0.2, 0.25) is 0 Å². The summed E-state index contributed by atoms with van der Waals surface area (Å²) >= 11 is 0. The summed E-state index contributed by atoms with van der Waals surface area (Å²) in [5.41, 5.74) is 6.16. The Bertz CT molecular complexity index is 871. The predicted octanol–water partition coefficient (Wildman–Crippen LogP) is 4.02. The first-order chi connectivity index (χ1) is 10.8. The molecule has 0 bridgehead atoms. The van der Waals surface area contributed by atoms with E-state index >= 15 is 0 Å². The summed E-state index contributed by atoms with van der Waals surface area (Å²) in [5.74, 6) is 1.57. The SMILES string of the molecule is COc1cc2c(cc1OC)-c1c(cnc3ccccc13)CC2. The molecule has 110 valence electrons.